The fourth-order valence-corrected chi connectivity index (χ4v) is 1.51. The van der Waals surface area contributed by atoms with Gasteiger partial charge in [0.2, 0.25) is 31.2 Å². The van der Waals surface area contributed by atoms with E-state index in [4.69, 9.17) is 17.5 Å². The van der Waals surface area contributed by atoms with Crippen molar-refractivity contribution in [2.24, 2.45) is 0 Å². The molecule has 1 atom stereocenters. The van der Waals surface area contributed by atoms with E-state index in [1.165, 1.54) is 0 Å². The Labute approximate surface area is 201 Å². The third kappa shape index (κ3) is 45.6. The third-order valence-electron chi connectivity index (χ3n) is 1.24. The van der Waals surface area contributed by atoms with Crippen molar-refractivity contribution in [1.82, 2.24) is 0 Å². The molecule has 0 rings (SSSR count). The maximum Gasteiger partial charge on any atom is 1.00 e. The van der Waals surface area contributed by atoms with E-state index in [0.29, 0.717) is 0 Å². The number of hydrogen-bond donors (Lipinski definition) is 1. The summed E-state index contributed by atoms with van der Waals surface area (Å²) in [6.45, 7) is 2.71. The molecule has 12 nitrogen and oxygen atoms in total. The Balaban J connectivity index is -0.000000118. The minimum Gasteiger partial charge on any atom is -0.726 e. The normalized spacial score (nSPS) is 12.4. The van der Waals surface area contributed by atoms with Gasteiger partial charge in [0, 0.05) is 0 Å². The Morgan fingerprint density at radius 2 is 1.26 bits per heavy atom. The van der Waals surface area contributed by atoms with Crippen LogP contribution in [0.2, 0.25) is 0 Å². The van der Waals surface area contributed by atoms with Crippen LogP contribution in [-0.4, -0.2) is 56.2 Å². The molecule has 0 amide bonds. The average molecular weight is 427 g/mol. The zero-order valence-corrected chi connectivity index (χ0v) is 21.0. The Hall–Kier alpha value is 2.61. The predicted octanol–water partition coefficient (Wildman–Crippen LogP) is -11.1. The van der Waals surface area contributed by atoms with Gasteiger partial charge in [-0.3, -0.25) is 12.9 Å². The molecule has 124 valence electrons. The van der Waals surface area contributed by atoms with Gasteiger partial charge in [0.05, 0.1) is 12.7 Å². The van der Waals surface area contributed by atoms with E-state index < -0.39 is 43.9 Å². The molecule has 1 unspecified atom stereocenters. The van der Waals surface area contributed by atoms with E-state index in [-0.39, 0.29) is 102 Å². The van der Waals surface area contributed by atoms with Crippen molar-refractivity contribution >= 4 is 31.2 Å². The third-order valence-corrected chi connectivity index (χ3v) is 2.21. The van der Waals surface area contributed by atoms with Crippen molar-refractivity contribution in [3.63, 3.8) is 0 Å². The van der Waals surface area contributed by atoms with Crippen molar-refractivity contribution in [2.75, 3.05) is 6.61 Å². The van der Waals surface area contributed by atoms with Crippen LogP contribution in [0.5, 0.6) is 0 Å². The molecule has 0 saturated heterocycles. The summed E-state index contributed by atoms with van der Waals surface area (Å²) in [7, 11) is -14.6. The van der Waals surface area contributed by atoms with Gasteiger partial charge in [0.1, 0.15) is 0 Å². The van der Waals surface area contributed by atoms with E-state index in [1.54, 1.807) is 0 Å². The first kappa shape index (κ1) is 36.5. The van der Waals surface area contributed by atoms with E-state index in [2.05, 4.69) is 15.3 Å². The first-order chi connectivity index (χ1) is 8.64. The van der Waals surface area contributed by atoms with Gasteiger partial charge in [0.15, 0.2) is 0 Å². The topological polar surface area (TPSA) is 210 Å². The predicted molar refractivity (Wildman–Crippen MR) is 57.1 cm³/mol. The molecule has 23 heavy (non-hydrogen) atoms. The number of hydrogen-bond acceptors (Lipinski definition) is 11. The molecule has 0 aromatic heterocycles. The largest absolute Gasteiger partial charge is 1.00 e. The van der Waals surface area contributed by atoms with Gasteiger partial charge in [-0.2, -0.15) is 6.42 Å². The fourth-order valence-electron chi connectivity index (χ4n) is 0.689. The van der Waals surface area contributed by atoms with Crippen LogP contribution in [0.1, 0.15) is 12.8 Å². The quantitative estimate of drug-likeness (QED) is 0.174. The second-order valence-corrected chi connectivity index (χ2v) is 5.78. The molecule has 0 aromatic carbocycles. The van der Waals surface area contributed by atoms with E-state index in [1.807, 2.05) is 0 Å². The minimum absolute atomic E-state index is 0. The molecule has 0 radical (unpaired) electrons. The van der Waals surface area contributed by atoms with E-state index >= 15 is 0 Å². The zero-order chi connectivity index (χ0) is 16.6. The molecule has 18 heteroatoms. The van der Waals surface area contributed by atoms with Crippen molar-refractivity contribution in [3.05, 3.63) is 6.92 Å². The maximum atomic E-state index is 10.1. The van der Waals surface area contributed by atoms with Crippen LogP contribution in [0.25, 0.3) is 0 Å². The van der Waals surface area contributed by atoms with Gasteiger partial charge >= 0.3 is 88.7 Å². The van der Waals surface area contributed by atoms with Gasteiger partial charge in [-0.25, -0.2) is 25.3 Å². The van der Waals surface area contributed by atoms with E-state index in [9.17, 15) is 25.9 Å². The van der Waals surface area contributed by atoms with Gasteiger partial charge in [-0.1, -0.05) is 0 Å². The second-order valence-electron chi connectivity index (χ2n) is 2.86. The Morgan fingerprint density at radius 3 is 1.48 bits per heavy atom. The summed E-state index contributed by atoms with van der Waals surface area (Å²) < 4.78 is 101. The Bertz CT molecular complexity index is 561. The fraction of sp³-hybridized carbons (Fsp3) is 0.800. The first-order valence-corrected chi connectivity index (χ1v) is 8.39. The summed E-state index contributed by atoms with van der Waals surface area (Å²) in [5, 5.41) is 0. The Morgan fingerprint density at radius 1 is 0.913 bits per heavy atom. The Kier molecular flexibility index (Phi) is 26.6. The van der Waals surface area contributed by atoms with Crippen LogP contribution in [0.3, 0.4) is 0 Å². The minimum atomic E-state index is -4.92. The van der Waals surface area contributed by atoms with Crippen molar-refractivity contribution in [2.45, 2.75) is 18.9 Å². The summed E-state index contributed by atoms with van der Waals surface area (Å²) in [6, 6.07) is 0. The standard InChI is InChI=1S/C5H11O8S2.3Na.H2O4S/c1-2-5(13-15(9,10)11)3-4-12-14(6,7)8;;;;1-5(2,3)4/h5H,1-4H2,(H,6,7,8)(H,9,10,11);;;;(H2,1,2,3,4)/q-1;3*+1;/p-3. The van der Waals surface area contributed by atoms with Gasteiger partial charge in [-0.15, -0.1) is 0 Å². The molecule has 0 aliphatic heterocycles. The molecule has 0 fully saturated rings. The zero-order valence-electron chi connectivity index (χ0n) is 12.6. The summed E-state index contributed by atoms with van der Waals surface area (Å²) in [4.78, 5) is 0. The smallest absolute Gasteiger partial charge is 0.726 e. The molecule has 0 heterocycles. The number of rotatable bonds is 7. The molecule has 0 aromatic rings. The summed E-state index contributed by atoms with van der Waals surface area (Å²) in [6.07, 6.45) is -1.43. The van der Waals surface area contributed by atoms with Crippen molar-refractivity contribution in [1.29, 1.82) is 0 Å². The van der Waals surface area contributed by atoms with Crippen LogP contribution in [0, 0.1) is 6.92 Å². The molecule has 0 aliphatic carbocycles. The summed E-state index contributed by atoms with van der Waals surface area (Å²) >= 11 is 0. The SMILES string of the molecule is O=S(=O)([O-])O.[CH2-]CC(CCOS(=O)(=O)[O-])OS(=O)(=O)[O-].[Na+].[Na+].[Na+]. The molecular formula is C5H10Na3O12S3-. The van der Waals surface area contributed by atoms with Crippen molar-refractivity contribution in [3.8, 4) is 0 Å². The van der Waals surface area contributed by atoms with Gasteiger partial charge in [0.25, 0.3) is 0 Å². The van der Waals surface area contributed by atoms with E-state index in [0.717, 1.165) is 0 Å². The molecule has 0 saturated carbocycles. The van der Waals surface area contributed by atoms with Crippen molar-refractivity contribution < 1.29 is 141 Å². The van der Waals surface area contributed by atoms with Crippen LogP contribution < -0.4 is 88.7 Å². The van der Waals surface area contributed by atoms with Gasteiger partial charge in [-0.05, 0) is 6.42 Å². The first-order valence-electron chi connectivity index (χ1n) is 4.36. The average Bonchev–Trinajstić information content (AvgIpc) is 2.09. The van der Waals surface area contributed by atoms with Crippen LogP contribution in [0.15, 0.2) is 0 Å². The summed E-state index contributed by atoms with van der Waals surface area (Å²) in [5.41, 5.74) is 0. The molecule has 0 aliphatic rings. The van der Waals surface area contributed by atoms with Crippen LogP contribution >= 0.6 is 0 Å². The molecule has 0 bridgehead atoms. The molecular weight excluding hydrogens is 417 g/mol. The molecule has 0 spiro atoms. The maximum absolute atomic E-state index is 10.1. The van der Waals surface area contributed by atoms with Gasteiger partial charge < -0.3 is 20.6 Å². The summed E-state index contributed by atoms with van der Waals surface area (Å²) in [5.74, 6) is 0. The van der Waals surface area contributed by atoms with Crippen LogP contribution in [-0.2, 0) is 39.6 Å². The molecule has 1 N–H and O–H groups in total. The van der Waals surface area contributed by atoms with Crippen LogP contribution in [0.4, 0.5) is 0 Å². The monoisotopic (exact) mass is 427 g/mol. The second kappa shape index (κ2) is 16.8.